The summed E-state index contributed by atoms with van der Waals surface area (Å²) in [7, 11) is 0. The summed E-state index contributed by atoms with van der Waals surface area (Å²) >= 11 is 0. The van der Waals surface area contributed by atoms with Crippen LogP contribution < -0.4 is 0 Å². The standard InChI is InChI=1S/C24H24N2O2/c1-15-11-19-14-28-24(27)23(19)21(16(15)2)10-9-20-8-7-18(13-26-20)22-6-4-3-5-17(22)12-25/h3-10,13,15-16,19,21,23H,11,14H2,1-2H3/t15-,16+,19+,21-,23-/m0/s1. The van der Waals surface area contributed by atoms with Gasteiger partial charge in [-0.05, 0) is 42.4 Å². The van der Waals surface area contributed by atoms with Crippen molar-refractivity contribution in [3.8, 4) is 17.2 Å². The molecule has 0 N–H and O–H groups in total. The molecule has 0 radical (unpaired) electrons. The number of carbonyl (C=O) groups is 1. The molecular weight excluding hydrogens is 348 g/mol. The molecule has 1 aliphatic heterocycles. The first-order chi connectivity index (χ1) is 13.6. The maximum absolute atomic E-state index is 12.2. The fourth-order valence-corrected chi connectivity index (χ4v) is 4.67. The number of nitriles is 1. The predicted octanol–water partition coefficient (Wildman–Crippen LogP) is 4.71. The number of carbonyl (C=O) groups excluding carboxylic acids is 1. The van der Waals surface area contributed by atoms with Gasteiger partial charge in [-0.25, -0.2) is 0 Å². The van der Waals surface area contributed by atoms with E-state index in [2.05, 4.69) is 31.0 Å². The molecule has 0 unspecified atom stereocenters. The highest BCUT2D eigenvalue weighted by atomic mass is 16.5. The number of aromatic nitrogens is 1. The summed E-state index contributed by atoms with van der Waals surface area (Å²) < 4.78 is 5.35. The summed E-state index contributed by atoms with van der Waals surface area (Å²) in [5, 5.41) is 9.29. The molecule has 2 aliphatic rings. The first kappa shape index (κ1) is 18.4. The molecule has 142 valence electrons. The number of rotatable bonds is 3. The fourth-order valence-electron chi connectivity index (χ4n) is 4.67. The van der Waals surface area contributed by atoms with Crippen molar-refractivity contribution in [1.82, 2.24) is 4.98 Å². The van der Waals surface area contributed by atoms with E-state index in [1.807, 2.05) is 42.5 Å². The normalized spacial score (nSPS) is 29.3. The van der Waals surface area contributed by atoms with Gasteiger partial charge in [0.05, 0.1) is 29.9 Å². The van der Waals surface area contributed by atoms with Crippen molar-refractivity contribution in [2.75, 3.05) is 6.61 Å². The molecule has 1 saturated heterocycles. The van der Waals surface area contributed by atoms with Crippen LogP contribution in [-0.4, -0.2) is 17.6 Å². The van der Waals surface area contributed by atoms with Crippen LogP contribution >= 0.6 is 0 Å². The van der Waals surface area contributed by atoms with Gasteiger partial charge in [-0.15, -0.1) is 0 Å². The van der Waals surface area contributed by atoms with Crippen molar-refractivity contribution in [1.29, 1.82) is 5.26 Å². The minimum atomic E-state index is -0.0465. The van der Waals surface area contributed by atoms with Crippen LogP contribution in [0.15, 0.2) is 48.7 Å². The van der Waals surface area contributed by atoms with E-state index in [9.17, 15) is 10.1 Å². The number of hydrogen-bond acceptors (Lipinski definition) is 4. The summed E-state index contributed by atoms with van der Waals surface area (Å²) in [5.74, 6) is 1.46. The largest absolute Gasteiger partial charge is 0.465 e. The van der Waals surface area contributed by atoms with Gasteiger partial charge in [0.25, 0.3) is 0 Å². The zero-order chi connectivity index (χ0) is 19.7. The Morgan fingerprint density at radius 3 is 2.79 bits per heavy atom. The predicted molar refractivity (Wildman–Crippen MR) is 108 cm³/mol. The number of allylic oxidation sites excluding steroid dienone is 1. The van der Waals surface area contributed by atoms with Crippen molar-refractivity contribution in [3.05, 3.63) is 59.9 Å². The number of nitrogens with zero attached hydrogens (tertiary/aromatic N) is 2. The van der Waals surface area contributed by atoms with E-state index in [0.717, 1.165) is 23.2 Å². The Morgan fingerprint density at radius 1 is 1.21 bits per heavy atom. The summed E-state index contributed by atoms with van der Waals surface area (Å²) in [6, 6.07) is 13.7. The number of cyclic esters (lactones) is 1. The van der Waals surface area contributed by atoms with Crippen molar-refractivity contribution in [2.24, 2.45) is 29.6 Å². The maximum Gasteiger partial charge on any atom is 0.309 e. The van der Waals surface area contributed by atoms with E-state index in [1.165, 1.54) is 0 Å². The van der Waals surface area contributed by atoms with Crippen LogP contribution in [0, 0.1) is 40.9 Å². The Balaban J connectivity index is 1.56. The highest BCUT2D eigenvalue weighted by molar-refractivity contribution is 5.76. The molecule has 1 aliphatic carbocycles. The molecule has 1 aromatic heterocycles. The molecule has 4 rings (SSSR count). The van der Waals surface area contributed by atoms with Gasteiger partial charge in [-0.2, -0.15) is 5.26 Å². The van der Waals surface area contributed by atoms with E-state index in [-0.39, 0.29) is 17.8 Å². The van der Waals surface area contributed by atoms with E-state index < -0.39 is 0 Å². The fraction of sp³-hybridized carbons (Fsp3) is 0.375. The lowest BCUT2D eigenvalue weighted by Gasteiger charge is -2.38. The lowest BCUT2D eigenvalue weighted by molar-refractivity contribution is -0.143. The molecule has 0 spiro atoms. The van der Waals surface area contributed by atoms with Gasteiger partial charge in [0.1, 0.15) is 0 Å². The molecule has 0 amide bonds. The average molecular weight is 372 g/mol. The first-order valence-electron chi connectivity index (χ1n) is 9.89. The zero-order valence-corrected chi connectivity index (χ0v) is 16.2. The van der Waals surface area contributed by atoms with Crippen LogP contribution in [-0.2, 0) is 9.53 Å². The molecule has 1 saturated carbocycles. The highest BCUT2D eigenvalue weighted by Gasteiger charge is 2.48. The second kappa shape index (κ2) is 7.59. The van der Waals surface area contributed by atoms with Crippen molar-refractivity contribution in [2.45, 2.75) is 20.3 Å². The van der Waals surface area contributed by atoms with Gasteiger partial charge in [0.2, 0.25) is 0 Å². The Morgan fingerprint density at radius 2 is 2.04 bits per heavy atom. The lowest BCUT2D eigenvalue weighted by Crippen LogP contribution is -2.38. The number of fused-ring (bicyclic) bond motifs is 1. The second-order valence-corrected chi connectivity index (χ2v) is 8.05. The Labute approximate surface area is 165 Å². The van der Waals surface area contributed by atoms with Crippen LogP contribution in [0.4, 0.5) is 0 Å². The van der Waals surface area contributed by atoms with Gasteiger partial charge >= 0.3 is 5.97 Å². The quantitative estimate of drug-likeness (QED) is 0.732. The zero-order valence-electron chi connectivity index (χ0n) is 16.2. The van der Waals surface area contributed by atoms with Crippen LogP contribution in [0.5, 0.6) is 0 Å². The topological polar surface area (TPSA) is 63.0 Å². The van der Waals surface area contributed by atoms with Crippen molar-refractivity contribution in [3.63, 3.8) is 0 Å². The Kier molecular flexibility index (Phi) is 5.00. The SMILES string of the molecule is C[C@H]1[C@H](C=Cc2ccc(-c3ccccc3C#N)cn2)[C@H]2C(=O)OC[C@H]2C[C@@H]1C. The third-order valence-corrected chi connectivity index (χ3v) is 6.45. The number of pyridine rings is 1. The van der Waals surface area contributed by atoms with Gasteiger partial charge < -0.3 is 4.74 Å². The smallest absolute Gasteiger partial charge is 0.309 e. The van der Waals surface area contributed by atoms with Crippen molar-refractivity contribution >= 4 is 12.0 Å². The first-order valence-corrected chi connectivity index (χ1v) is 9.89. The molecule has 1 aromatic carbocycles. The molecule has 0 bridgehead atoms. The monoisotopic (exact) mass is 372 g/mol. The van der Waals surface area contributed by atoms with Gasteiger partial charge in [-0.3, -0.25) is 9.78 Å². The van der Waals surface area contributed by atoms with Crippen LogP contribution in [0.1, 0.15) is 31.5 Å². The minimum absolute atomic E-state index is 0.0239. The molecular formula is C24H24N2O2. The summed E-state index contributed by atoms with van der Waals surface area (Å²) in [5.41, 5.74) is 3.31. The summed E-state index contributed by atoms with van der Waals surface area (Å²) in [4.78, 5) is 16.8. The number of benzene rings is 1. The molecule has 5 atom stereocenters. The van der Waals surface area contributed by atoms with E-state index >= 15 is 0 Å². The van der Waals surface area contributed by atoms with Crippen LogP contribution in [0.2, 0.25) is 0 Å². The van der Waals surface area contributed by atoms with Gasteiger partial charge in [-0.1, -0.05) is 44.2 Å². The second-order valence-electron chi connectivity index (χ2n) is 8.05. The van der Waals surface area contributed by atoms with Gasteiger partial charge in [0.15, 0.2) is 0 Å². The lowest BCUT2D eigenvalue weighted by atomic mass is 9.64. The molecule has 4 nitrogen and oxygen atoms in total. The minimum Gasteiger partial charge on any atom is -0.465 e. The molecule has 28 heavy (non-hydrogen) atoms. The summed E-state index contributed by atoms with van der Waals surface area (Å²) in [6.45, 7) is 5.07. The molecule has 2 fully saturated rings. The van der Waals surface area contributed by atoms with E-state index in [1.54, 1.807) is 6.20 Å². The number of ether oxygens (including phenoxy) is 1. The maximum atomic E-state index is 12.2. The van der Waals surface area contributed by atoms with E-state index in [4.69, 9.17) is 4.74 Å². The Hall–Kier alpha value is -2.93. The Bertz CT molecular complexity index is 942. The number of hydrogen-bond donors (Lipinski definition) is 0. The third-order valence-electron chi connectivity index (χ3n) is 6.45. The van der Waals surface area contributed by atoms with E-state index in [0.29, 0.717) is 29.9 Å². The molecule has 4 heteroatoms. The van der Waals surface area contributed by atoms with Crippen LogP contribution in [0.25, 0.3) is 17.2 Å². The van der Waals surface area contributed by atoms with Gasteiger partial charge in [0, 0.05) is 23.2 Å². The van der Waals surface area contributed by atoms with Crippen molar-refractivity contribution < 1.29 is 9.53 Å². The molecule has 2 heterocycles. The highest BCUT2D eigenvalue weighted by Crippen LogP contribution is 2.46. The average Bonchev–Trinajstić information content (AvgIpc) is 3.09. The molecule has 2 aromatic rings. The number of esters is 1. The third kappa shape index (κ3) is 3.33. The van der Waals surface area contributed by atoms with Crippen LogP contribution in [0.3, 0.4) is 0 Å². The summed E-state index contributed by atoms with van der Waals surface area (Å²) in [6.07, 6.45) is 7.03.